The van der Waals surface area contributed by atoms with Crippen molar-refractivity contribution in [3.05, 3.63) is 60.2 Å². The van der Waals surface area contributed by atoms with Crippen molar-refractivity contribution in [2.45, 2.75) is 31.6 Å². The van der Waals surface area contributed by atoms with E-state index in [2.05, 4.69) is 5.32 Å². The quantitative estimate of drug-likeness (QED) is 0.759. The number of esters is 1. The van der Waals surface area contributed by atoms with Crippen molar-refractivity contribution < 1.29 is 32.9 Å². The third kappa shape index (κ3) is 8.05. The number of carbonyl (C=O) groups excluding carboxylic acids is 1. The van der Waals surface area contributed by atoms with Crippen LogP contribution in [0.5, 0.6) is 11.5 Å². The highest BCUT2D eigenvalue weighted by Crippen LogP contribution is 2.17. The van der Waals surface area contributed by atoms with Crippen molar-refractivity contribution in [3.8, 4) is 11.5 Å². The molecule has 2 aromatic rings. The van der Waals surface area contributed by atoms with Crippen LogP contribution in [0, 0.1) is 11.6 Å². The number of cyclic esters (lactones) is 1. The summed E-state index contributed by atoms with van der Waals surface area (Å²) in [6.07, 6.45) is -0.0196. The van der Waals surface area contributed by atoms with E-state index in [-0.39, 0.29) is 42.2 Å². The predicted octanol–water partition coefficient (Wildman–Crippen LogP) is 3.04. The molecule has 6 nitrogen and oxygen atoms in total. The second-order valence-electron chi connectivity index (χ2n) is 6.53. The number of hydrogen-bond acceptors (Lipinski definition) is 6. The molecule has 0 amide bonds. The highest BCUT2D eigenvalue weighted by Gasteiger charge is 2.26. The molecule has 29 heavy (non-hydrogen) atoms. The molecule has 1 heterocycles. The van der Waals surface area contributed by atoms with E-state index in [9.17, 15) is 13.6 Å². The molecular weight excluding hydrogens is 384 g/mol. The van der Waals surface area contributed by atoms with Gasteiger partial charge < -0.3 is 24.6 Å². The minimum Gasteiger partial charge on any atom is -0.508 e. The maximum Gasteiger partial charge on any atom is 0.325 e. The molecule has 3 atom stereocenters. The Morgan fingerprint density at radius 1 is 1.03 bits per heavy atom. The van der Waals surface area contributed by atoms with Gasteiger partial charge in [-0.05, 0) is 62.5 Å². The summed E-state index contributed by atoms with van der Waals surface area (Å²) in [5.41, 5.74) is 0. The second kappa shape index (κ2) is 11.3. The number of phenols is 1. The summed E-state index contributed by atoms with van der Waals surface area (Å²) >= 11 is 0. The molecule has 8 heteroatoms. The van der Waals surface area contributed by atoms with E-state index in [1.165, 1.54) is 36.4 Å². The molecule has 2 N–H and O–H groups in total. The predicted molar refractivity (Wildman–Crippen MR) is 103 cm³/mol. The Hall–Kier alpha value is -2.71. The molecule has 158 valence electrons. The largest absolute Gasteiger partial charge is 0.508 e. The molecule has 1 aliphatic rings. The molecule has 0 bridgehead atoms. The molecule has 1 aliphatic heterocycles. The van der Waals surface area contributed by atoms with E-state index < -0.39 is 6.04 Å². The van der Waals surface area contributed by atoms with Crippen molar-refractivity contribution in [2.75, 3.05) is 20.3 Å². The van der Waals surface area contributed by atoms with Crippen LogP contribution in [0.3, 0.4) is 0 Å². The van der Waals surface area contributed by atoms with Crippen LogP contribution in [0.15, 0.2) is 48.5 Å². The van der Waals surface area contributed by atoms with Gasteiger partial charge in [0.15, 0.2) is 0 Å². The molecule has 0 saturated carbocycles. The van der Waals surface area contributed by atoms with E-state index in [0.29, 0.717) is 18.8 Å². The number of carbonyl (C=O) groups is 1. The van der Waals surface area contributed by atoms with Gasteiger partial charge in [-0.1, -0.05) is 0 Å². The summed E-state index contributed by atoms with van der Waals surface area (Å²) in [5, 5.41) is 11.4. The van der Waals surface area contributed by atoms with Crippen molar-refractivity contribution in [3.63, 3.8) is 0 Å². The monoisotopic (exact) mass is 409 g/mol. The molecule has 0 aromatic heterocycles. The standard InChI is InChI=1S/C15H20FNO4.C6H5FO/c1-10-7-13(21-12-5-3-11(16)4-6-12)8-19-9-14(17-2)15(18)20-10;7-5-1-3-6(8)4-2-5/h3-6,10,13-14,17H,7-9H2,1-2H3;1-4,8H/t10?,13?,14-;/m0./s1. The number of rotatable bonds is 3. The summed E-state index contributed by atoms with van der Waals surface area (Å²) in [5.74, 6) is -0.318. The molecule has 1 saturated heterocycles. The zero-order valence-corrected chi connectivity index (χ0v) is 16.3. The molecule has 0 aliphatic carbocycles. The first-order chi connectivity index (χ1) is 13.9. The topological polar surface area (TPSA) is 77.0 Å². The number of hydrogen-bond donors (Lipinski definition) is 2. The number of likely N-dealkylation sites (N-methyl/N-ethyl adjacent to an activating group) is 1. The highest BCUT2D eigenvalue weighted by atomic mass is 19.1. The minimum absolute atomic E-state index is 0.0893. The van der Waals surface area contributed by atoms with Crippen LogP contribution >= 0.6 is 0 Å². The first-order valence-electron chi connectivity index (χ1n) is 9.19. The van der Waals surface area contributed by atoms with Gasteiger partial charge >= 0.3 is 5.97 Å². The Morgan fingerprint density at radius 2 is 1.62 bits per heavy atom. The number of phenolic OH excluding ortho intramolecular Hbond substituents is 1. The van der Waals surface area contributed by atoms with Crippen LogP contribution in [0.25, 0.3) is 0 Å². The average Bonchev–Trinajstić information content (AvgIpc) is 2.75. The maximum absolute atomic E-state index is 12.9. The summed E-state index contributed by atoms with van der Waals surface area (Å²) in [7, 11) is 1.68. The fraction of sp³-hybridized carbons (Fsp3) is 0.381. The van der Waals surface area contributed by atoms with Crippen LogP contribution in [0.4, 0.5) is 8.78 Å². The van der Waals surface area contributed by atoms with Gasteiger partial charge in [-0.25, -0.2) is 8.78 Å². The van der Waals surface area contributed by atoms with Gasteiger partial charge in [-0.15, -0.1) is 0 Å². The van der Waals surface area contributed by atoms with Crippen LogP contribution < -0.4 is 10.1 Å². The zero-order chi connectivity index (χ0) is 21.2. The third-order valence-corrected chi connectivity index (χ3v) is 4.08. The lowest BCUT2D eigenvalue weighted by Gasteiger charge is -2.21. The van der Waals surface area contributed by atoms with Gasteiger partial charge in [-0.2, -0.15) is 0 Å². The Labute approximate surface area is 168 Å². The van der Waals surface area contributed by atoms with Gasteiger partial charge in [-0.3, -0.25) is 4.79 Å². The Morgan fingerprint density at radius 3 is 2.17 bits per heavy atom. The first-order valence-corrected chi connectivity index (χ1v) is 9.19. The van der Waals surface area contributed by atoms with Gasteiger partial charge in [0.05, 0.1) is 13.2 Å². The van der Waals surface area contributed by atoms with E-state index in [1.54, 1.807) is 19.2 Å². The van der Waals surface area contributed by atoms with Gasteiger partial charge in [0.2, 0.25) is 0 Å². The summed E-state index contributed by atoms with van der Waals surface area (Å²) in [6.45, 7) is 2.39. The normalized spacial score (nSPS) is 22.2. The lowest BCUT2D eigenvalue weighted by atomic mass is 10.2. The van der Waals surface area contributed by atoms with E-state index >= 15 is 0 Å². The Bertz CT molecular complexity index is 734. The number of aromatic hydroxyl groups is 1. The second-order valence-corrected chi connectivity index (χ2v) is 6.53. The molecule has 0 spiro atoms. The molecule has 2 aromatic carbocycles. The molecular formula is C21H25F2NO5. The van der Waals surface area contributed by atoms with E-state index in [4.69, 9.17) is 19.3 Å². The summed E-state index contributed by atoms with van der Waals surface area (Å²) in [6, 6.07) is 10.3. The van der Waals surface area contributed by atoms with Crippen LogP contribution in [0.1, 0.15) is 13.3 Å². The number of nitrogens with one attached hydrogen (secondary N) is 1. The number of benzene rings is 2. The van der Waals surface area contributed by atoms with Gasteiger partial charge in [0.1, 0.15) is 41.4 Å². The Balaban J connectivity index is 0.000000313. The lowest BCUT2D eigenvalue weighted by molar-refractivity contribution is -0.151. The van der Waals surface area contributed by atoms with E-state index in [0.717, 1.165) is 0 Å². The zero-order valence-electron chi connectivity index (χ0n) is 16.3. The Kier molecular flexibility index (Phi) is 8.82. The van der Waals surface area contributed by atoms with Crippen molar-refractivity contribution >= 4 is 5.97 Å². The first kappa shape index (κ1) is 22.6. The maximum atomic E-state index is 12.9. The lowest BCUT2D eigenvalue weighted by Crippen LogP contribution is -2.40. The average molecular weight is 409 g/mol. The van der Waals surface area contributed by atoms with Crippen LogP contribution in [-0.4, -0.2) is 49.6 Å². The SMILES string of the molecule is CN[C@H]1COCC(Oc2ccc(F)cc2)CC(C)OC1=O.Oc1ccc(F)cc1. The molecule has 1 fully saturated rings. The van der Waals surface area contributed by atoms with E-state index in [1.807, 2.05) is 6.92 Å². The smallest absolute Gasteiger partial charge is 0.325 e. The third-order valence-electron chi connectivity index (χ3n) is 4.08. The fourth-order valence-corrected chi connectivity index (χ4v) is 2.58. The van der Waals surface area contributed by atoms with Crippen LogP contribution in [0.2, 0.25) is 0 Å². The summed E-state index contributed by atoms with van der Waals surface area (Å²) < 4.78 is 41.5. The van der Waals surface area contributed by atoms with Crippen molar-refractivity contribution in [1.29, 1.82) is 0 Å². The minimum atomic E-state index is -0.475. The number of halogens is 2. The van der Waals surface area contributed by atoms with Gasteiger partial charge in [0, 0.05) is 6.42 Å². The fourth-order valence-electron chi connectivity index (χ4n) is 2.58. The summed E-state index contributed by atoms with van der Waals surface area (Å²) in [4.78, 5) is 11.8. The van der Waals surface area contributed by atoms with Crippen LogP contribution in [-0.2, 0) is 14.3 Å². The highest BCUT2D eigenvalue weighted by molar-refractivity contribution is 5.76. The molecule has 3 rings (SSSR count). The molecule has 2 unspecified atom stereocenters. The number of ether oxygens (including phenoxy) is 3. The van der Waals surface area contributed by atoms with Crippen molar-refractivity contribution in [1.82, 2.24) is 5.32 Å². The van der Waals surface area contributed by atoms with Crippen molar-refractivity contribution in [2.24, 2.45) is 0 Å². The molecule has 0 radical (unpaired) electrons. The van der Waals surface area contributed by atoms with Gasteiger partial charge in [0.25, 0.3) is 0 Å².